The lowest BCUT2D eigenvalue weighted by atomic mass is 9.85. The van der Waals surface area contributed by atoms with E-state index in [1.54, 1.807) is 17.0 Å². The zero-order chi connectivity index (χ0) is 23.1. The SMILES string of the molecule is CC1CCCCC1NC(=O)C(c1ccccc1Cl)N(CCc1ccc(Cl)cc1)C(=O)CCl. The first-order chi connectivity index (χ1) is 15.4. The average Bonchev–Trinajstić information content (AvgIpc) is 2.79. The molecular weight excluding hydrogens is 467 g/mol. The summed E-state index contributed by atoms with van der Waals surface area (Å²) in [6, 6.07) is 13.9. The molecule has 3 unspecified atom stereocenters. The molecular formula is C25H29Cl3N2O2. The van der Waals surface area contributed by atoms with Gasteiger partial charge in [-0.2, -0.15) is 0 Å². The maximum atomic E-state index is 13.6. The van der Waals surface area contributed by atoms with Crippen molar-refractivity contribution in [2.45, 2.75) is 51.1 Å². The monoisotopic (exact) mass is 494 g/mol. The molecule has 0 radical (unpaired) electrons. The van der Waals surface area contributed by atoms with Gasteiger partial charge >= 0.3 is 0 Å². The zero-order valence-electron chi connectivity index (χ0n) is 18.2. The van der Waals surface area contributed by atoms with E-state index in [1.807, 2.05) is 36.4 Å². The van der Waals surface area contributed by atoms with E-state index in [-0.39, 0.29) is 23.7 Å². The van der Waals surface area contributed by atoms with Crippen molar-refractivity contribution >= 4 is 46.6 Å². The Bertz CT molecular complexity index is 920. The Morgan fingerprint density at radius 1 is 1.06 bits per heavy atom. The number of alkyl halides is 1. The van der Waals surface area contributed by atoms with E-state index in [1.165, 1.54) is 6.42 Å². The molecule has 1 aliphatic rings. The topological polar surface area (TPSA) is 49.4 Å². The molecule has 1 fully saturated rings. The highest BCUT2D eigenvalue weighted by Crippen LogP contribution is 2.30. The third kappa shape index (κ3) is 6.40. The summed E-state index contributed by atoms with van der Waals surface area (Å²) >= 11 is 18.5. The molecule has 0 saturated heterocycles. The Balaban J connectivity index is 1.90. The summed E-state index contributed by atoms with van der Waals surface area (Å²) in [5.74, 6) is -0.344. The Kier molecular flexibility index (Phi) is 9.27. The van der Waals surface area contributed by atoms with Crippen LogP contribution in [-0.4, -0.2) is 35.2 Å². The Morgan fingerprint density at radius 2 is 1.75 bits per heavy atom. The molecule has 1 saturated carbocycles. The van der Waals surface area contributed by atoms with Crippen LogP contribution in [0.3, 0.4) is 0 Å². The maximum Gasteiger partial charge on any atom is 0.247 e. The van der Waals surface area contributed by atoms with Crippen molar-refractivity contribution in [1.82, 2.24) is 10.2 Å². The molecule has 0 aromatic heterocycles. The highest BCUT2D eigenvalue weighted by atomic mass is 35.5. The van der Waals surface area contributed by atoms with Crippen LogP contribution in [0, 0.1) is 5.92 Å². The number of carbonyl (C=O) groups is 2. The molecule has 1 aliphatic carbocycles. The van der Waals surface area contributed by atoms with Crippen molar-refractivity contribution in [2.24, 2.45) is 5.92 Å². The van der Waals surface area contributed by atoms with E-state index in [9.17, 15) is 9.59 Å². The van der Waals surface area contributed by atoms with Crippen molar-refractivity contribution in [1.29, 1.82) is 0 Å². The molecule has 0 spiro atoms. The number of nitrogens with one attached hydrogen (secondary N) is 1. The number of hydrogen-bond donors (Lipinski definition) is 1. The Morgan fingerprint density at radius 3 is 2.41 bits per heavy atom. The molecule has 3 atom stereocenters. The highest BCUT2D eigenvalue weighted by Gasteiger charge is 2.34. The molecule has 7 heteroatoms. The minimum Gasteiger partial charge on any atom is -0.351 e. The molecule has 32 heavy (non-hydrogen) atoms. The van der Waals surface area contributed by atoms with Gasteiger partial charge in [-0.3, -0.25) is 9.59 Å². The summed E-state index contributed by atoms with van der Waals surface area (Å²) in [6.07, 6.45) is 4.86. The number of carbonyl (C=O) groups excluding carboxylic acids is 2. The molecule has 1 N–H and O–H groups in total. The summed E-state index contributed by atoms with van der Waals surface area (Å²) < 4.78 is 0. The lowest BCUT2D eigenvalue weighted by molar-refractivity contribution is -0.139. The quantitative estimate of drug-likeness (QED) is 0.454. The van der Waals surface area contributed by atoms with E-state index in [0.717, 1.165) is 24.8 Å². The van der Waals surface area contributed by atoms with Gasteiger partial charge in [-0.25, -0.2) is 0 Å². The fourth-order valence-corrected chi connectivity index (χ4v) is 4.83. The molecule has 2 aromatic rings. The molecule has 0 heterocycles. The Labute approximate surface area is 205 Å². The number of hydrogen-bond acceptors (Lipinski definition) is 2. The van der Waals surface area contributed by atoms with Gasteiger partial charge in [0.2, 0.25) is 11.8 Å². The first kappa shape index (κ1) is 24.9. The van der Waals surface area contributed by atoms with Crippen molar-refractivity contribution < 1.29 is 9.59 Å². The molecule has 0 aliphatic heterocycles. The predicted octanol–water partition coefficient (Wildman–Crippen LogP) is 6.04. The number of halogens is 3. The zero-order valence-corrected chi connectivity index (χ0v) is 20.5. The van der Waals surface area contributed by atoms with Gasteiger partial charge in [-0.15, -0.1) is 11.6 Å². The molecule has 172 valence electrons. The van der Waals surface area contributed by atoms with Crippen LogP contribution < -0.4 is 5.32 Å². The van der Waals surface area contributed by atoms with E-state index in [4.69, 9.17) is 34.8 Å². The lowest BCUT2D eigenvalue weighted by Crippen LogP contribution is -2.49. The van der Waals surface area contributed by atoms with Crippen LogP contribution in [0.1, 0.15) is 49.8 Å². The van der Waals surface area contributed by atoms with E-state index in [2.05, 4.69) is 12.2 Å². The van der Waals surface area contributed by atoms with Crippen LogP contribution in [0.4, 0.5) is 0 Å². The third-order valence-corrected chi connectivity index (χ3v) is 7.01. The summed E-state index contributed by atoms with van der Waals surface area (Å²) in [5.41, 5.74) is 1.62. The van der Waals surface area contributed by atoms with Crippen LogP contribution in [0.25, 0.3) is 0 Å². The van der Waals surface area contributed by atoms with E-state index >= 15 is 0 Å². The van der Waals surface area contributed by atoms with Gasteiger partial charge in [-0.1, -0.05) is 73.3 Å². The van der Waals surface area contributed by atoms with Crippen LogP contribution in [0.2, 0.25) is 10.0 Å². The lowest BCUT2D eigenvalue weighted by Gasteiger charge is -2.35. The van der Waals surface area contributed by atoms with Crippen LogP contribution >= 0.6 is 34.8 Å². The number of amides is 2. The highest BCUT2D eigenvalue weighted by molar-refractivity contribution is 6.32. The van der Waals surface area contributed by atoms with E-state index < -0.39 is 6.04 Å². The number of benzene rings is 2. The van der Waals surface area contributed by atoms with Crippen molar-refractivity contribution in [3.8, 4) is 0 Å². The summed E-state index contributed by atoms with van der Waals surface area (Å²) in [4.78, 5) is 28.1. The fraction of sp³-hybridized carbons (Fsp3) is 0.440. The minimum atomic E-state index is -0.851. The van der Waals surface area contributed by atoms with Gasteiger partial charge in [0.25, 0.3) is 0 Å². The first-order valence-corrected chi connectivity index (χ1v) is 12.3. The second-order valence-electron chi connectivity index (χ2n) is 8.40. The average molecular weight is 496 g/mol. The Hall–Kier alpha value is -1.75. The van der Waals surface area contributed by atoms with Gasteiger partial charge in [0.05, 0.1) is 0 Å². The van der Waals surface area contributed by atoms with Crippen LogP contribution in [0.5, 0.6) is 0 Å². The predicted molar refractivity (Wildman–Crippen MR) is 131 cm³/mol. The van der Waals surface area contributed by atoms with Crippen LogP contribution in [0.15, 0.2) is 48.5 Å². The standard InChI is InChI=1S/C25H29Cl3N2O2/c1-17-6-2-5-9-22(17)29-25(32)24(20-7-3-4-8-21(20)28)30(23(31)16-26)15-14-18-10-12-19(27)13-11-18/h3-4,7-8,10-13,17,22,24H,2,5-6,9,14-16H2,1H3,(H,29,32). The largest absolute Gasteiger partial charge is 0.351 e. The van der Waals surface area contributed by atoms with Gasteiger partial charge in [0.15, 0.2) is 0 Å². The van der Waals surface area contributed by atoms with Crippen molar-refractivity contribution in [3.63, 3.8) is 0 Å². The molecule has 2 amide bonds. The molecule has 4 nitrogen and oxygen atoms in total. The number of rotatable bonds is 8. The maximum absolute atomic E-state index is 13.6. The number of nitrogens with zero attached hydrogens (tertiary/aromatic N) is 1. The third-order valence-electron chi connectivity index (χ3n) is 6.19. The molecule has 2 aromatic carbocycles. The smallest absolute Gasteiger partial charge is 0.247 e. The second-order valence-corrected chi connectivity index (χ2v) is 9.51. The summed E-state index contributed by atoms with van der Waals surface area (Å²) in [7, 11) is 0. The van der Waals surface area contributed by atoms with E-state index in [0.29, 0.717) is 34.5 Å². The second kappa shape index (κ2) is 11.9. The fourth-order valence-electron chi connectivity index (χ4n) is 4.32. The molecule has 3 rings (SSSR count). The molecule has 0 bridgehead atoms. The first-order valence-electron chi connectivity index (χ1n) is 11.1. The van der Waals surface area contributed by atoms with Gasteiger partial charge < -0.3 is 10.2 Å². The van der Waals surface area contributed by atoms with Crippen molar-refractivity contribution in [3.05, 3.63) is 69.7 Å². The minimum absolute atomic E-state index is 0.0884. The van der Waals surface area contributed by atoms with Crippen LogP contribution in [-0.2, 0) is 16.0 Å². The summed E-state index contributed by atoms with van der Waals surface area (Å²) in [5, 5.41) is 4.31. The summed E-state index contributed by atoms with van der Waals surface area (Å²) in [6.45, 7) is 2.49. The van der Waals surface area contributed by atoms with Gasteiger partial charge in [-0.05, 0) is 48.9 Å². The normalized spacial score (nSPS) is 19.2. The van der Waals surface area contributed by atoms with Crippen molar-refractivity contribution in [2.75, 3.05) is 12.4 Å². The van der Waals surface area contributed by atoms with Gasteiger partial charge in [0.1, 0.15) is 11.9 Å². The van der Waals surface area contributed by atoms with Gasteiger partial charge in [0, 0.05) is 28.2 Å².